The van der Waals surface area contributed by atoms with Gasteiger partial charge in [-0.3, -0.25) is 0 Å². The van der Waals surface area contributed by atoms with E-state index in [-0.39, 0.29) is 0 Å². The Morgan fingerprint density at radius 3 is 2.31 bits per heavy atom. The van der Waals surface area contributed by atoms with Crippen molar-refractivity contribution in [2.45, 2.75) is 27.7 Å². The molecule has 0 unspecified atom stereocenters. The number of methoxy groups -OCH3 is 2. The van der Waals surface area contributed by atoms with Gasteiger partial charge in [-0.1, -0.05) is 6.07 Å². The summed E-state index contributed by atoms with van der Waals surface area (Å²) in [7, 11) is 3.05. The third kappa shape index (κ3) is 5.22. The Labute approximate surface area is 209 Å². The second-order valence-corrected chi connectivity index (χ2v) is 8.07. The summed E-state index contributed by atoms with van der Waals surface area (Å²) < 4.78 is 18.4. The van der Waals surface area contributed by atoms with Crippen LogP contribution in [0.25, 0.3) is 5.82 Å². The summed E-state index contributed by atoms with van der Waals surface area (Å²) in [4.78, 5) is 21.4. The SMILES string of the molecule is COc1cccc(NC(=O)Nc2ccc(Oc3cc(-n4nc(C)c(C)c4C)nc(C)n3)cc2)c1OC. The number of benzene rings is 2. The number of carbonyl (C=O) groups is 1. The maximum atomic E-state index is 12.5. The van der Waals surface area contributed by atoms with Gasteiger partial charge in [-0.2, -0.15) is 10.1 Å². The average Bonchev–Trinajstić information content (AvgIpc) is 3.12. The molecule has 0 atom stereocenters. The van der Waals surface area contributed by atoms with Crippen LogP contribution >= 0.6 is 0 Å². The molecule has 0 saturated heterocycles. The van der Waals surface area contributed by atoms with Crippen LogP contribution in [0, 0.1) is 27.7 Å². The van der Waals surface area contributed by atoms with E-state index in [4.69, 9.17) is 14.2 Å². The molecule has 0 aliphatic heterocycles. The van der Waals surface area contributed by atoms with Gasteiger partial charge in [0.05, 0.1) is 25.6 Å². The molecule has 2 aromatic heterocycles. The fraction of sp³-hybridized carbons (Fsp3) is 0.231. The minimum absolute atomic E-state index is 0.395. The predicted molar refractivity (Wildman–Crippen MR) is 137 cm³/mol. The number of carbonyl (C=O) groups excluding carboxylic acids is 1. The van der Waals surface area contributed by atoms with Crippen molar-refractivity contribution in [3.63, 3.8) is 0 Å². The Bertz CT molecular complexity index is 1400. The van der Waals surface area contributed by atoms with Gasteiger partial charge in [0.25, 0.3) is 0 Å². The molecule has 0 aliphatic carbocycles. The Hall–Kier alpha value is -4.60. The van der Waals surface area contributed by atoms with E-state index in [1.54, 1.807) is 60.1 Å². The third-order valence-electron chi connectivity index (χ3n) is 5.66. The minimum atomic E-state index is -0.425. The highest BCUT2D eigenvalue weighted by Crippen LogP contribution is 2.34. The van der Waals surface area contributed by atoms with Crippen LogP contribution < -0.4 is 24.8 Å². The van der Waals surface area contributed by atoms with Gasteiger partial charge in [0.1, 0.15) is 11.6 Å². The Morgan fingerprint density at radius 2 is 1.67 bits per heavy atom. The molecule has 2 N–H and O–H groups in total. The molecule has 0 fully saturated rings. The summed E-state index contributed by atoms with van der Waals surface area (Å²) in [5, 5.41) is 10.1. The molecule has 36 heavy (non-hydrogen) atoms. The molecule has 4 rings (SSSR count). The fourth-order valence-electron chi connectivity index (χ4n) is 3.63. The zero-order valence-electron chi connectivity index (χ0n) is 21.0. The first kappa shape index (κ1) is 24.5. The first-order valence-corrected chi connectivity index (χ1v) is 11.2. The highest BCUT2D eigenvalue weighted by molar-refractivity contribution is 6.01. The Kier molecular flexibility index (Phi) is 7.05. The van der Waals surface area contributed by atoms with Crippen molar-refractivity contribution in [3.8, 4) is 28.9 Å². The monoisotopic (exact) mass is 488 g/mol. The van der Waals surface area contributed by atoms with Crippen molar-refractivity contribution in [2.24, 2.45) is 0 Å². The van der Waals surface area contributed by atoms with Crippen LogP contribution in [-0.4, -0.2) is 40.0 Å². The van der Waals surface area contributed by atoms with Gasteiger partial charge in [0.15, 0.2) is 17.3 Å². The van der Waals surface area contributed by atoms with E-state index in [2.05, 4.69) is 25.7 Å². The number of aromatic nitrogens is 4. The molecule has 0 aliphatic rings. The van der Waals surface area contributed by atoms with E-state index in [0.29, 0.717) is 46.1 Å². The van der Waals surface area contributed by atoms with Crippen LogP contribution in [0.3, 0.4) is 0 Å². The number of para-hydroxylation sites is 1. The lowest BCUT2D eigenvalue weighted by molar-refractivity contribution is 0.262. The highest BCUT2D eigenvalue weighted by atomic mass is 16.5. The van der Waals surface area contributed by atoms with Crippen molar-refractivity contribution in [1.82, 2.24) is 19.7 Å². The zero-order valence-corrected chi connectivity index (χ0v) is 21.0. The van der Waals surface area contributed by atoms with Gasteiger partial charge in [-0.25, -0.2) is 14.5 Å². The number of urea groups is 1. The molecule has 0 radical (unpaired) electrons. The first-order valence-electron chi connectivity index (χ1n) is 11.2. The smallest absolute Gasteiger partial charge is 0.323 e. The topological polar surface area (TPSA) is 112 Å². The molecule has 186 valence electrons. The summed E-state index contributed by atoms with van der Waals surface area (Å²) >= 11 is 0. The largest absolute Gasteiger partial charge is 0.493 e. The maximum absolute atomic E-state index is 12.5. The second-order valence-electron chi connectivity index (χ2n) is 8.07. The molecular formula is C26H28N6O4. The first-order chi connectivity index (χ1) is 17.3. The molecule has 10 heteroatoms. The Morgan fingerprint density at radius 1 is 0.917 bits per heavy atom. The highest BCUT2D eigenvalue weighted by Gasteiger charge is 2.14. The minimum Gasteiger partial charge on any atom is -0.493 e. The summed E-state index contributed by atoms with van der Waals surface area (Å²) in [5.41, 5.74) is 4.15. The summed E-state index contributed by atoms with van der Waals surface area (Å²) in [5.74, 6) is 3.11. The number of ether oxygens (including phenoxy) is 3. The van der Waals surface area contributed by atoms with E-state index in [1.807, 2.05) is 20.8 Å². The van der Waals surface area contributed by atoms with Crippen molar-refractivity contribution in [1.29, 1.82) is 0 Å². The lowest BCUT2D eigenvalue weighted by Crippen LogP contribution is -2.19. The molecule has 2 amide bonds. The van der Waals surface area contributed by atoms with Crippen molar-refractivity contribution < 1.29 is 19.0 Å². The standard InChI is InChI=1S/C26H28N6O4/c1-15-16(2)31-32(17(15)3)23-14-24(28-18(4)27-23)36-20-12-10-19(11-13-20)29-26(33)30-21-8-7-9-22(34-5)25(21)35-6/h7-14H,1-6H3,(H2,29,30,33). The Balaban J connectivity index is 1.45. The number of anilines is 2. The lowest BCUT2D eigenvalue weighted by Gasteiger charge is -2.14. The number of aryl methyl sites for hydroxylation is 2. The van der Waals surface area contributed by atoms with Gasteiger partial charge in [0.2, 0.25) is 5.88 Å². The van der Waals surface area contributed by atoms with Gasteiger partial charge < -0.3 is 24.8 Å². The molecule has 0 spiro atoms. The van der Waals surface area contributed by atoms with Crippen LogP contribution in [0.1, 0.15) is 22.8 Å². The van der Waals surface area contributed by atoms with E-state index < -0.39 is 6.03 Å². The maximum Gasteiger partial charge on any atom is 0.323 e. The van der Waals surface area contributed by atoms with Crippen LogP contribution in [0.15, 0.2) is 48.5 Å². The third-order valence-corrected chi connectivity index (χ3v) is 5.66. The van der Waals surface area contributed by atoms with Crippen LogP contribution in [0.2, 0.25) is 0 Å². The van der Waals surface area contributed by atoms with E-state index in [1.165, 1.54) is 14.2 Å². The average molecular weight is 489 g/mol. The number of amides is 2. The molecule has 2 aromatic carbocycles. The fourth-order valence-corrected chi connectivity index (χ4v) is 3.63. The lowest BCUT2D eigenvalue weighted by atomic mass is 10.2. The summed E-state index contributed by atoms with van der Waals surface area (Å²) in [6, 6.07) is 13.5. The van der Waals surface area contributed by atoms with Gasteiger partial charge in [0, 0.05) is 17.4 Å². The quantitative estimate of drug-likeness (QED) is 0.361. The number of nitrogens with zero attached hydrogens (tertiary/aromatic N) is 4. The molecular weight excluding hydrogens is 460 g/mol. The second kappa shape index (κ2) is 10.3. The van der Waals surface area contributed by atoms with Crippen LogP contribution in [0.4, 0.5) is 16.2 Å². The van der Waals surface area contributed by atoms with Crippen LogP contribution in [-0.2, 0) is 0 Å². The molecule has 10 nitrogen and oxygen atoms in total. The van der Waals surface area contributed by atoms with Gasteiger partial charge >= 0.3 is 6.03 Å². The number of rotatable bonds is 7. The van der Waals surface area contributed by atoms with Crippen molar-refractivity contribution >= 4 is 17.4 Å². The number of hydrogen-bond donors (Lipinski definition) is 2. The normalized spacial score (nSPS) is 10.6. The predicted octanol–water partition coefficient (Wildman–Crippen LogP) is 5.35. The molecule has 4 aromatic rings. The van der Waals surface area contributed by atoms with Crippen LogP contribution in [0.5, 0.6) is 23.1 Å². The van der Waals surface area contributed by atoms with Gasteiger partial charge in [-0.05, 0) is 69.7 Å². The van der Waals surface area contributed by atoms with E-state index in [9.17, 15) is 4.79 Å². The summed E-state index contributed by atoms with van der Waals surface area (Å²) in [6.45, 7) is 7.80. The molecule has 0 bridgehead atoms. The van der Waals surface area contributed by atoms with Gasteiger partial charge in [-0.15, -0.1) is 0 Å². The summed E-state index contributed by atoms with van der Waals surface area (Å²) in [6.07, 6.45) is 0. The number of nitrogens with one attached hydrogen (secondary N) is 2. The van der Waals surface area contributed by atoms with Crippen molar-refractivity contribution in [3.05, 3.63) is 71.3 Å². The number of hydrogen-bond acceptors (Lipinski definition) is 7. The zero-order chi connectivity index (χ0) is 25.8. The van der Waals surface area contributed by atoms with Crippen molar-refractivity contribution in [2.75, 3.05) is 24.9 Å². The molecule has 0 saturated carbocycles. The van der Waals surface area contributed by atoms with E-state index >= 15 is 0 Å². The molecule has 2 heterocycles. The van der Waals surface area contributed by atoms with E-state index in [0.717, 1.165) is 17.0 Å².